The first-order valence-corrected chi connectivity index (χ1v) is 10.9. The summed E-state index contributed by atoms with van der Waals surface area (Å²) in [6, 6.07) is 6.66. The Labute approximate surface area is 176 Å². The zero-order chi connectivity index (χ0) is 21.1. The van der Waals surface area contributed by atoms with Crippen molar-refractivity contribution in [2.75, 3.05) is 45.8 Å². The molecule has 7 nitrogen and oxygen atoms in total. The van der Waals surface area contributed by atoms with Crippen molar-refractivity contribution in [3.8, 4) is 0 Å². The lowest BCUT2D eigenvalue weighted by molar-refractivity contribution is -0.132. The van der Waals surface area contributed by atoms with Crippen molar-refractivity contribution in [1.82, 2.24) is 14.7 Å². The average Bonchev–Trinajstić information content (AvgIpc) is 3.04. The van der Waals surface area contributed by atoms with E-state index in [1.807, 2.05) is 17.9 Å². The Hall–Kier alpha value is -2.67. The van der Waals surface area contributed by atoms with E-state index in [4.69, 9.17) is 4.42 Å². The van der Waals surface area contributed by atoms with Gasteiger partial charge in [-0.2, -0.15) is 0 Å². The molecular weight excluding hydrogens is 382 g/mol. The molecule has 0 unspecified atom stereocenters. The van der Waals surface area contributed by atoms with E-state index in [0.717, 1.165) is 31.5 Å². The first-order valence-electron chi connectivity index (χ1n) is 10.9. The zero-order valence-electron chi connectivity index (χ0n) is 17.6. The Kier molecular flexibility index (Phi) is 6.18. The van der Waals surface area contributed by atoms with E-state index in [-0.39, 0.29) is 23.0 Å². The van der Waals surface area contributed by atoms with Crippen LogP contribution < -0.4 is 5.43 Å². The number of hydrogen-bond donors (Lipinski definition) is 0. The van der Waals surface area contributed by atoms with Crippen LogP contribution in [0.2, 0.25) is 0 Å². The molecule has 0 aliphatic carbocycles. The minimum absolute atomic E-state index is 0.0745. The number of hydrogen-bond acceptors (Lipinski definition) is 5. The Balaban J connectivity index is 1.36. The smallest absolute Gasteiger partial charge is 0.289 e. The summed E-state index contributed by atoms with van der Waals surface area (Å²) < 4.78 is 5.73. The van der Waals surface area contributed by atoms with E-state index in [2.05, 4.69) is 4.90 Å². The van der Waals surface area contributed by atoms with Crippen LogP contribution in [0.1, 0.15) is 41.8 Å². The number of aryl methyl sites for hydroxylation is 1. The van der Waals surface area contributed by atoms with Crippen molar-refractivity contribution in [3.05, 3.63) is 45.8 Å². The van der Waals surface area contributed by atoms with Crippen molar-refractivity contribution in [3.63, 3.8) is 0 Å². The standard InChI is InChI=1S/C23H29N3O4/c1-17-6-7-20-18(14-17)19(27)15-21(30-20)23(29)26-12-10-24(11-13-26)16-22(28)25-8-4-2-3-5-9-25/h6-7,14-15H,2-5,8-13,16H2,1H3. The van der Waals surface area contributed by atoms with Crippen LogP contribution in [0.4, 0.5) is 0 Å². The molecule has 0 saturated carbocycles. The summed E-state index contributed by atoms with van der Waals surface area (Å²) in [6.45, 7) is 6.35. The predicted molar refractivity (Wildman–Crippen MR) is 115 cm³/mol. The minimum atomic E-state index is -0.270. The van der Waals surface area contributed by atoms with Crippen LogP contribution >= 0.6 is 0 Å². The maximum Gasteiger partial charge on any atom is 0.289 e. The number of carbonyl (C=O) groups excluding carboxylic acids is 2. The van der Waals surface area contributed by atoms with Gasteiger partial charge in [0.15, 0.2) is 11.2 Å². The molecule has 0 radical (unpaired) electrons. The van der Waals surface area contributed by atoms with Gasteiger partial charge in [-0.15, -0.1) is 0 Å². The Morgan fingerprint density at radius 2 is 1.60 bits per heavy atom. The number of piperazine rings is 1. The molecule has 2 saturated heterocycles. The molecule has 2 fully saturated rings. The molecule has 2 aliphatic rings. The molecule has 0 bridgehead atoms. The lowest BCUT2D eigenvalue weighted by Gasteiger charge is -2.35. The van der Waals surface area contributed by atoms with Gasteiger partial charge in [-0.25, -0.2) is 0 Å². The maximum atomic E-state index is 12.9. The van der Waals surface area contributed by atoms with E-state index < -0.39 is 0 Å². The number of carbonyl (C=O) groups is 2. The van der Waals surface area contributed by atoms with Crippen LogP contribution in [0.3, 0.4) is 0 Å². The van der Waals surface area contributed by atoms with Crippen molar-refractivity contribution in [2.45, 2.75) is 32.6 Å². The fourth-order valence-corrected chi connectivity index (χ4v) is 4.25. The highest BCUT2D eigenvalue weighted by Gasteiger charge is 2.26. The molecule has 0 atom stereocenters. The van der Waals surface area contributed by atoms with Gasteiger partial charge in [0.1, 0.15) is 5.58 Å². The van der Waals surface area contributed by atoms with Gasteiger partial charge in [0.2, 0.25) is 5.91 Å². The van der Waals surface area contributed by atoms with E-state index in [1.54, 1.807) is 17.0 Å². The first-order chi connectivity index (χ1) is 14.5. The van der Waals surface area contributed by atoms with Crippen molar-refractivity contribution < 1.29 is 14.0 Å². The van der Waals surface area contributed by atoms with E-state index >= 15 is 0 Å². The maximum absolute atomic E-state index is 12.9. The van der Waals surface area contributed by atoms with E-state index in [1.165, 1.54) is 18.9 Å². The summed E-state index contributed by atoms with van der Waals surface area (Å²) in [4.78, 5) is 43.7. The van der Waals surface area contributed by atoms with Crippen molar-refractivity contribution in [2.24, 2.45) is 0 Å². The Bertz CT molecular complexity index is 984. The van der Waals surface area contributed by atoms with Crippen LogP contribution in [-0.4, -0.2) is 72.3 Å². The van der Waals surface area contributed by atoms with Crippen LogP contribution in [0.25, 0.3) is 11.0 Å². The lowest BCUT2D eigenvalue weighted by Crippen LogP contribution is -2.51. The molecule has 1 aromatic heterocycles. The average molecular weight is 412 g/mol. The molecule has 3 heterocycles. The number of nitrogens with zero attached hydrogens (tertiary/aromatic N) is 3. The fourth-order valence-electron chi connectivity index (χ4n) is 4.25. The molecule has 160 valence electrons. The number of benzene rings is 1. The zero-order valence-corrected chi connectivity index (χ0v) is 17.6. The van der Waals surface area contributed by atoms with E-state index in [9.17, 15) is 14.4 Å². The Morgan fingerprint density at radius 3 is 2.30 bits per heavy atom. The first kappa shape index (κ1) is 20.6. The lowest BCUT2D eigenvalue weighted by atomic mass is 10.1. The number of fused-ring (bicyclic) bond motifs is 1. The van der Waals surface area contributed by atoms with Gasteiger partial charge in [0.05, 0.1) is 11.9 Å². The topological polar surface area (TPSA) is 74.1 Å². The van der Waals surface area contributed by atoms with Gasteiger partial charge < -0.3 is 14.2 Å². The molecule has 30 heavy (non-hydrogen) atoms. The fraction of sp³-hybridized carbons (Fsp3) is 0.522. The molecular formula is C23H29N3O4. The molecule has 0 N–H and O–H groups in total. The summed E-state index contributed by atoms with van der Waals surface area (Å²) in [5.41, 5.74) is 1.20. The third kappa shape index (κ3) is 4.56. The highest BCUT2D eigenvalue weighted by molar-refractivity contribution is 5.93. The van der Waals surface area contributed by atoms with Gasteiger partial charge in [0, 0.05) is 45.3 Å². The quantitative estimate of drug-likeness (QED) is 0.775. The monoisotopic (exact) mass is 411 g/mol. The molecule has 2 amide bonds. The molecule has 4 rings (SSSR count). The van der Waals surface area contributed by atoms with Crippen LogP contribution in [0, 0.1) is 6.92 Å². The van der Waals surface area contributed by atoms with Crippen LogP contribution in [0.5, 0.6) is 0 Å². The van der Waals surface area contributed by atoms with Gasteiger partial charge in [-0.05, 0) is 31.9 Å². The molecule has 0 spiro atoms. The number of amides is 2. The second-order valence-corrected chi connectivity index (χ2v) is 8.34. The second-order valence-electron chi connectivity index (χ2n) is 8.34. The van der Waals surface area contributed by atoms with E-state index in [0.29, 0.717) is 43.7 Å². The van der Waals surface area contributed by atoms with Crippen molar-refractivity contribution in [1.29, 1.82) is 0 Å². The Morgan fingerprint density at radius 1 is 0.900 bits per heavy atom. The predicted octanol–water partition coefficient (Wildman–Crippen LogP) is 2.26. The summed E-state index contributed by atoms with van der Waals surface area (Å²) >= 11 is 0. The molecule has 2 aliphatic heterocycles. The third-order valence-electron chi connectivity index (χ3n) is 6.07. The van der Waals surface area contributed by atoms with Crippen LogP contribution in [0.15, 0.2) is 33.5 Å². The summed E-state index contributed by atoms with van der Waals surface area (Å²) in [6.07, 6.45) is 4.58. The summed E-state index contributed by atoms with van der Waals surface area (Å²) in [5, 5.41) is 0.489. The molecule has 1 aromatic carbocycles. The third-order valence-corrected chi connectivity index (χ3v) is 6.07. The van der Waals surface area contributed by atoms with Gasteiger partial charge in [0.25, 0.3) is 5.91 Å². The summed E-state index contributed by atoms with van der Waals surface area (Å²) in [5.74, 6) is -0.00832. The number of rotatable bonds is 3. The second kappa shape index (κ2) is 9.00. The highest BCUT2D eigenvalue weighted by Crippen LogP contribution is 2.16. The van der Waals surface area contributed by atoms with Gasteiger partial charge >= 0.3 is 0 Å². The SMILES string of the molecule is Cc1ccc2oc(C(=O)N3CCN(CC(=O)N4CCCCCC4)CC3)cc(=O)c2c1. The molecule has 7 heteroatoms. The molecule has 2 aromatic rings. The highest BCUT2D eigenvalue weighted by atomic mass is 16.3. The minimum Gasteiger partial charge on any atom is -0.451 e. The normalized spacial score (nSPS) is 18.4. The summed E-state index contributed by atoms with van der Waals surface area (Å²) in [7, 11) is 0. The van der Waals surface area contributed by atoms with Gasteiger partial charge in [-0.1, -0.05) is 24.5 Å². The van der Waals surface area contributed by atoms with Crippen LogP contribution in [-0.2, 0) is 4.79 Å². The van der Waals surface area contributed by atoms with Gasteiger partial charge in [-0.3, -0.25) is 19.3 Å². The number of likely N-dealkylation sites (tertiary alicyclic amines) is 1. The largest absolute Gasteiger partial charge is 0.451 e. The van der Waals surface area contributed by atoms with Crippen molar-refractivity contribution >= 4 is 22.8 Å².